The van der Waals surface area contributed by atoms with Gasteiger partial charge in [-0.15, -0.1) is 0 Å². The quantitative estimate of drug-likeness (QED) is 0.837. The number of rotatable bonds is 2. The van der Waals surface area contributed by atoms with Crippen molar-refractivity contribution in [1.29, 1.82) is 0 Å². The number of hydrogen-bond acceptors (Lipinski definition) is 5. The van der Waals surface area contributed by atoms with Crippen molar-refractivity contribution in [2.45, 2.75) is 12.5 Å². The van der Waals surface area contributed by atoms with Crippen molar-refractivity contribution < 1.29 is 4.52 Å². The molecule has 2 heterocycles. The van der Waals surface area contributed by atoms with Gasteiger partial charge in [-0.25, -0.2) is 0 Å². The summed E-state index contributed by atoms with van der Waals surface area (Å²) < 4.78 is 4.72. The predicted molar refractivity (Wildman–Crippen MR) is 63.7 cm³/mol. The van der Waals surface area contributed by atoms with Crippen LogP contribution in [0.3, 0.4) is 0 Å². The summed E-state index contributed by atoms with van der Waals surface area (Å²) in [5.41, 5.74) is 9.74. The number of hydrogen-bond donors (Lipinski definition) is 1. The van der Waals surface area contributed by atoms with Crippen LogP contribution in [-0.4, -0.2) is 23.7 Å². The lowest BCUT2D eigenvalue weighted by Crippen LogP contribution is -2.14. The molecule has 0 saturated heterocycles. The predicted octanol–water partition coefficient (Wildman–Crippen LogP) is 1.11. The molecule has 1 unspecified atom stereocenters. The first-order chi connectivity index (χ1) is 8.25. The smallest absolute Gasteiger partial charge is 0.213 e. The minimum atomic E-state index is -0.315. The normalized spacial score (nSPS) is 16.0. The number of anilines is 1. The van der Waals surface area contributed by atoms with Gasteiger partial charge in [-0.05, 0) is 23.6 Å². The van der Waals surface area contributed by atoms with Crippen molar-refractivity contribution in [2.24, 2.45) is 5.73 Å². The molecule has 0 amide bonds. The van der Waals surface area contributed by atoms with Crippen molar-refractivity contribution in [3.8, 4) is 0 Å². The zero-order valence-electron chi connectivity index (χ0n) is 9.63. The Morgan fingerprint density at radius 3 is 3.12 bits per heavy atom. The molecule has 1 aliphatic rings. The second kappa shape index (κ2) is 3.85. The average molecular weight is 230 g/mol. The molecule has 2 N–H and O–H groups in total. The number of nitrogens with zero attached hydrogens (tertiary/aromatic N) is 3. The van der Waals surface area contributed by atoms with E-state index in [9.17, 15) is 0 Å². The lowest BCUT2D eigenvalue weighted by Gasteiger charge is -2.13. The zero-order valence-corrected chi connectivity index (χ0v) is 9.63. The first-order valence-electron chi connectivity index (χ1n) is 5.61. The van der Waals surface area contributed by atoms with E-state index in [0.717, 1.165) is 18.5 Å². The van der Waals surface area contributed by atoms with Crippen molar-refractivity contribution in [1.82, 2.24) is 10.1 Å². The molecule has 2 aromatic rings. The van der Waals surface area contributed by atoms with Gasteiger partial charge in [0, 0.05) is 19.3 Å². The van der Waals surface area contributed by atoms with Crippen LogP contribution in [-0.2, 0) is 6.42 Å². The van der Waals surface area contributed by atoms with Crippen LogP contribution in [0.15, 0.2) is 29.1 Å². The molecule has 5 nitrogen and oxygen atoms in total. The Labute approximate surface area is 99.2 Å². The van der Waals surface area contributed by atoms with Gasteiger partial charge >= 0.3 is 0 Å². The Balaban J connectivity index is 1.95. The van der Waals surface area contributed by atoms with E-state index < -0.39 is 0 Å². The molecular weight excluding hydrogens is 216 g/mol. The van der Waals surface area contributed by atoms with Gasteiger partial charge in [0.05, 0.1) is 6.04 Å². The molecule has 88 valence electrons. The fourth-order valence-electron chi connectivity index (χ4n) is 2.24. The van der Waals surface area contributed by atoms with Crippen LogP contribution < -0.4 is 10.6 Å². The highest BCUT2D eigenvalue weighted by molar-refractivity contribution is 5.59. The number of fused-ring (bicyclic) bond motifs is 1. The Bertz CT molecular complexity index is 523. The summed E-state index contributed by atoms with van der Waals surface area (Å²) in [6, 6.07) is 5.96. The lowest BCUT2D eigenvalue weighted by atomic mass is 10.0. The van der Waals surface area contributed by atoms with Crippen molar-refractivity contribution in [2.75, 3.05) is 18.5 Å². The van der Waals surface area contributed by atoms with Gasteiger partial charge in [0.15, 0.2) is 5.82 Å². The standard InChI is InChI=1S/C12H14N4O/c1-16-5-4-8-6-9(2-3-10(8)16)11(13)12-14-7-17-15-12/h2-3,6-7,11H,4-5,13H2,1H3. The SMILES string of the molecule is CN1CCc2cc(C(N)c3ncon3)ccc21. The number of benzene rings is 1. The summed E-state index contributed by atoms with van der Waals surface area (Å²) in [6.45, 7) is 1.07. The number of likely N-dealkylation sites (N-methyl/N-ethyl adjacent to an activating group) is 1. The highest BCUT2D eigenvalue weighted by Crippen LogP contribution is 2.29. The van der Waals surface area contributed by atoms with E-state index in [2.05, 4.69) is 34.2 Å². The second-order valence-corrected chi connectivity index (χ2v) is 4.33. The monoisotopic (exact) mass is 230 g/mol. The fraction of sp³-hybridized carbons (Fsp3) is 0.333. The fourth-order valence-corrected chi connectivity index (χ4v) is 2.24. The van der Waals surface area contributed by atoms with Gasteiger partial charge in [-0.2, -0.15) is 4.98 Å². The van der Waals surface area contributed by atoms with E-state index in [0.29, 0.717) is 5.82 Å². The highest BCUT2D eigenvalue weighted by atomic mass is 16.5. The third-order valence-corrected chi connectivity index (χ3v) is 3.25. The van der Waals surface area contributed by atoms with E-state index in [1.165, 1.54) is 17.6 Å². The topological polar surface area (TPSA) is 68.2 Å². The average Bonchev–Trinajstić information content (AvgIpc) is 2.98. The van der Waals surface area contributed by atoms with Crippen LogP contribution in [0, 0.1) is 0 Å². The summed E-state index contributed by atoms with van der Waals surface area (Å²) >= 11 is 0. The molecule has 0 aliphatic carbocycles. The molecule has 1 atom stereocenters. The molecule has 0 saturated carbocycles. The first-order valence-corrected chi connectivity index (χ1v) is 5.61. The van der Waals surface area contributed by atoms with E-state index in [1.807, 2.05) is 6.07 Å². The number of aromatic nitrogens is 2. The van der Waals surface area contributed by atoms with Gasteiger partial charge in [-0.1, -0.05) is 17.3 Å². The van der Waals surface area contributed by atoms with E-state index in [1.54, 1.807) is 0 Å². The summed E-state index contributed by atoms with van der Waals surface area (Å²) in [5.74, 6) is 0.524. The minimum absolute atomic E-state index is 0.315. The van der Waals surface area contributed by atoms with Crippen LogP contribution in [0.25, 0.3) is 0 Å². The molecule has 17 heavy (non-hydrogen) atoms. The van der Waals surface area contributed by atoms with Crippen LogP contribution >= 0.6 is 0 Å². The third-order valence-electron chi connectivity index (χ3n) is 3.25. The Hall–Kier alpha value is -1.88. The van der Waals surface area contributed by atoms with Gasteiger partial charge < -0.3 is 15.2 Å². The van der Waals surface area contributed by atoms with Crippen molar-refractivity contribution >= 4 is 5.69 Å². The van der Waals surface area contributed by atoms with Gasteiger partial charge in [0.1, 0.15) is 0 Å². The van der Waals surface area contributed by atoms with Crippen molar-refractivity contribution in [3.05, 3.63) is 41.5 Å². The van der Waals surface area contributed by atoms with Gasteiger partial charge in [-0.3, -0.25) is 0 Å². The van der Waals surface area contributed by atoms with Crippen LogP contribution in [0.1, 0.15) is 23.0 Å². The van der Waals surface area contributed by atoms with E-state index >= 15 is 0 Å². The van der Waals surface area contributed by atoms with Crippen LogP contribution in [0.4, 0.5) is 5.69 Å². The van der Waals surface area contributed by atoms with Gasteiger partial charge in [0.25, 0.3) is 0 Å². The summed E-state index contributed by atoms with van der Waals surface area (Å²) in [4.78, 5) is 6.24. The zero-order chi connectivity index (χ0) is 11.8. The molecule has 0 spiro atoms. The maximum absolute atomic E-state index is 6.09. The molecular formula is C12H14N4O. The molecule has 0 fully saturated rings. The van der Waals surface area contributed by atoms with Crippen molar-refractivity contribution in [3.63, 3.8) is 0 Å². The van der Waals surface area contributed by atoms with Crippen LogP contribution in [0.5, 0.6) is 0 Å². The third kappa shape index (κ3) is 1.68. The summed E-state index contributed by atoms with van der Waals surface area (Å²) in [5, 5.41) is 3.78. The van der Waals surface area contributed by atoms with Gasteiger partial charge in [0.2, 0.25) is 6.39 Å². The summed E-state index contributed by atoms with van der Waals surface area (Å²) in [6.07, 6.45) is 2.37. The second-order valence-electron chi connectivity index (χ2n) is 4.33. The molecule has 0 bridgehead atoms. The maximum Gasteiger partial charge on any atom is 0.213 e. The Morgan fingerprint density at radius 1 is 1.47 bits per heavy atom. The molecule has 3 rings (SSSR count). The molecule has 1 aromatic carbocycles. The first kappa shape index (κ1) is 10.3. The lowest BCUT2D eigenvalue weighted by molar-refractivity contribution is 0.407. The largest absolute Gasteiger partial charge is 0.374 e. The Kier molecular flexibility index (Phi) is 2.33. The minimum Gasteiger partial charge on any atom is -0.374 e. The van der Waals surface area contributed by atoms with E-state index in [-0.39, 0.29) is 6.04 Å². The molecule has 0 radical (unpaired) electrons. The number of nitrogens with two attached hydrogens (primary N) is 1. The summed E-state index contributed by atoms with van der Waals surface area (Å²) in [7, 11) is 2.10. The van der Waals surface area contributed by atoms with Crippen LogP contribution in [0.2, 0.25) is 0 Å². The molecule has 1 aliphatic heterocycles. The Morgan fingerprint density at radius 2 is 2.35 bits per heavy atom. The molecule has 5 heteroatoms. The maximum atomic E-state index is 6.09. The highest BCUT2D eigenvalue weighted by Gasteiger charge is 2.19. The molecule has 1 aromatic heterocycles. The van der Waals surface area contributed by atoms with E-state index in [4.69, 9.17) is 10.3 Å².